The van der Waals surface area contributed by atoms with Gasteiger partial charge in [0, 0.05) is 21.8 Å². The van der Waals surface area contributed by atoms with E-state index in [1.54, 1.807) is 11.3 Å². The molecule has 1 aromatic heterocycles. The van der Waals surface area contributed by atoms with E-state index in [4.69, 9.17) is 4.98 Å². The van der Waals surface area contributed by atoms with Crippen molar-refractivity contribution in [1.82, 2.24) is 4.98 Å². The van der Waals surface area contributed by atoms with Crippen molar-refractivity contribution in [3.05, 3.63) is 197 Å². The molecular formula is C60H45NS. The highest BCUT2D eigenvalue weighted by Gasteiger charge is 2.39. The van der Waals surface area contributed by atoms with Gasteiger partial charge >= 0.3 is 0 Å². The van der Waals surface area contributed by atoms with Gasteiger partial charge in [0.15, 0.2) is 0 Å². The number of para-hydroxylation sites is 1. The predicted molar refractivity (Wildman–Crippen MR) is 264 cm³/mol. The first-order valence-electron chi connectivity index (χ1n) is 22.0. The Morgan fingerprint density at radius 3 is 1.34 bits per heavy atom. The van der Waals surface area contributed by atoms with Gasteiger partial charge in [-0.05, 0) is 153 Å². The monoisotopic (exact) mass is 811 g/mol. The molecule has 13 rings (SSSR count). The molecule has 0 bridgehead atoms. The average molecular weight is 812 g/mol. The Kier molecular flexibility index (Phi) is 7.14. The van der Waals surface area contributed by atoms with Gasteiger partial charge in [-0.3, -0.25) is 0 Å². The van der Waals surface area contributed by atoms with Crippen molar-refractivity contribution in [3.8, 4) is 66.2 Å². The summed E-state index contributed by atoms with van der Waals surface area (Å²) in [6.07, 6.45) is 0. The van der Waals surface area contributed by atoms with Crippen molar-refractivity contribution < 1.29 is 0 Å². The number of fused-ring (bicyclic) bond motifs is 12. The Labute approximate surface area is 367 Å². The van der Waals surface area contributed by atoms with Crippen LogP contribution >= 0.6 is 11.3 Å². The number of benzene rings is 9. The molecule has 10 aromatic rings. The molecule has 2 heteroatoms. The minimum atomic E-state index is -0.223. The highest BCUT2D eigenvalue weighted by atomic mass is 32.1. The number of thiazole rings is 1. The van der Waals surface area contributed by atoms with Gasteiger partial charge in [0.25, 0.3) is 0 Å². The highest BCUT2D eigenvalue weighted by Crippen LogP contribution is 2.57. The minimum Gasteiger partial charge on any atom is -0.236 e. The molecule has 9 aromatic carbocycles. The molecule has 0 aliphatic heterocycles. The Hall–Kier alpha value is -6.61. The molecule has 0 radical (unpaired) electrons. The molecule has 0 unspecified atom stereocenters. The van der Waals surface area contributed by atoms with E-state index in [0.717, 1.165) is 10.5 Å². The fraction of sp³-hybridized carbons (Fsp3) is 0.150. The summed E-state index contributed by atoms with van der Waals surface area (Å²) in [5.74, 6) is 0. The van der Waals surface area contributed by atoms with Crippen LogP contribution in [0.1, 0.15) is 74.9 Å². The smallest absolute Gasteiger partial charge is 0.124 e. The van der Waals surface area contributed by atoms with Gasteiger partial charge < -0.3 is 0 Å². The predicted octanol–water partition coefficient (Wildman–Crippen LogP) is 16.5. The summed E-state index contributed by atoms with van der Waals surface area (Å²) >= 11 is 1.78. The standard InChI is InChI=1S/C60H45NS/c1-58(2)47-19-11-9-15-37(47)39-26-23-34(29-49(39)58)55-42-17-7-8-18-43(42)56(35-24-27-40-38-16-10-12-20-48(38)59(3,4)50(40)30-35)46-33-52-44(32-45(46)55)41-28-25-36(31-51(41)60(52,5)6)57-61-53-21-13-14-22-54(53)62-57/h7-33H,1-6H3. The summed E-state index contributed by atoms with van der Waals surface area (Å²) in [5, 5.41) is 6.26. The van der Waals surface area contributed by atoms with Crippen molar-refractivity contribution in [1.29, 1.82) is 0 Å². The molecule has 0 saturated carbocycles. The molecule has 62 heavy (non-hydrogen) atoms. The third-order valence-electron chi connectivity index (χ3n) is 15.1. The molecule has 0 saturated heterocycles. The van der Waals surface area contributed by atoms with Crippen molar-refractivity contribution >= 4 is 43.1 Å². The molecule has 0 atom stereocenters. The van der Waals surface area contributed by atoms with Crippen LogP contribution in [0, 0.1) is 0 Å². The third kappa shape index (κ3) is 4.71. The zero-order valence-electron chi connectivity index (χ0n) is 35.9. The molecule has 296 valence electrons. The zero-order valence-corrected chi connectivity index (χ0v) is 36.8. The van der Waals surface area contributed by atoms with Gasteiger partial charge in [-0.1, -0.05) is 163 Å². The second-order valence-electron chi connectivity index (χ2n) is 19.5. The van der Waals surface area contributed by atoms with Gasteiger partial charge in [0.2, 0.25) is 0 Å². The molecule has 1 heterocycles. The molecule has 0 spiro atoms. The Balaban J connectivity index is 1.09. The van der Waals surface area contributed by atoms with E-state index in [2.05, 4.69) is 205 Å². The maximum absolute atomic E-state index is 5.09. The first-order chi connectivity index (χ1) is 30.0. The maximum atomic E-state index is 5.09. The second kappa shape index (κ2) is 12.3. The lowest BCUT2D eigenvalue weighted by molar-refractivity contribution is 0.660. The molecule has 3 aliphatic rings. The molecule has 1 nitrogen and oxygen atoms in total. The van der Waals surface area contributed by atoms with Crippen LogP contribution in [0.5, 0.6) is 0 Å². The first-order valence-corrected chi connectivity index (χ1v) is 22.9. The van der Waals surface area contributed by atoms with E-state index in [0.29, 0.717) is 0 Å². The molecule has 0 fully saturated rings. The van der Waals surface area contributed by atoms with Gasteiger partial charge in [0.05, 0.1) is 10.2 Å². The summed E-state index contributed by atoms with van der Waals surface area (Å²) in [5.41, 5.74) is 23.4. The summed E-state index contributed by atoms with van der Waals surface area (Å²) in [6, 6.07) is 62.5. The molecule has 0 amide bonds. The zero-order chi connectivity index (χ0) is 41.9. The van der Waals surface area contributed by atoms with Crippen LogP contribution in [-0.2, 0) is 16.2 Å². The summed E-state index contributed by atoms with van der Waals surface area (Å²) in [6.45, 7) is 14.4. The van der Waals surface area contributed by atoms with Gasteiger partial charge in [0.1, 0.15) is 5.01 Å². The van der Waals surface area contributed by atoms with Crippen LogP contribution in [0.4, 0.5) is 0 Å². The number of hydrogen-bond acceptors (Lipinski definition) is 2. The van der Waals surface area contributed by atoms with E-state index < -0.39 is 0 Å². The molecule has 3 aliphatic carbocycles. The van der Waals surface area contributed by atoms with Crippen molar-refractivity contribution in [2.24, 2.45) is 0 Å². The van der Waals surface area contributed by atoms with E-state index in [9.17, 15) is 0 Å². The van der Waals surface area contributed by atoms with Crippen LogP contribution in [0.2, 0.25) is 0 Å². The molecular weight excluding hydrogens is 767 g/mol. The fourth-order valence-electron chi connectivity index (χ4n) is 11.9. The topological polar surface area (TPSA) is 12.9 Å². The maximum Gasteiger partial charge on any atom is 0.124 e. The van der Waals surface area contributed by atoms with Crippen LogP contribution < -0.4 is 0 Å². The fourth-order valence-corrected chi connectivity index (χ4v) is 12.8. The van der Waals surface area contributed by atoms with Crippen LogP contribution in [0.3, 0.4) is 0 Å². The number of aromatic nitrogens is 1. The van der Waals surface area contributed by atoms with Crippen molar-refractivity contribution in [2.45, 2.75) is 57.8 Å². The van der Waals surface area contributed by atoms with Crippen molar-refractivity contribution in [2.75, 3.05) is 0 Å². The average Bonchev–Trinajstić information content (AvgIpc) is 3.96. The van der Waals surface area contributed by atoms with Gasteiger partial charge in [-0.25, -0.2) is 4.98 Å². The summed E-state index contributed by atoms with van der Waals surface area (Å²) in [7, 11) is 0. The largest absolute Gasteiger partial charge is 0.236 e. The minimum absolute atomic E-state index is 0.103. The third-order valence-corrected chi connectivity index (χ3v) is 16.2. The molecule has 0 N–H and O–H groups in total. The lowest BCUT2D eigenvalue weighted by atomic mass is 9.78. The lowest BCUT2D eigenvalue weighted by Gasteiger charge is -2.25. The Morgan fingerprint density at radius 2 is 0.758 bits per heavy atom. The van der Waals surface area contributed by atoms with E-state index in [1.807, 2.05) is 0 Å². The van der Waals surface area contributed by atoms with Gasteiger partial charge in [-0.2, -0.15) is 0 Å². The summed E-state index contributed by atoms with van der Waals surface area (Å²) < 4.78 is 1.22. The quantitative estimate of drug-likeness (QED) is 0.162. The van der Waals surface area contributed by atoms with Crippen LogP contribution in [-0.4, -0.2) is 4.98 Å². The number of nitrogens with zero attached hydrogens (tertiary/aromatic N) is 1. The van der Waals surface area contributed by atoms with E-state index >= 15 is 0 Å². The van der Waals surface area contributed by atoms with E-state index in [1.165, 1.54) is 121 Å². The number of rotatable bonds is 3. The summed E-state index contributed by atoms with van der Waals surface area (Å²) in [4.78, 5) is 5.09. The Bertz CT molecular complexity index is 3580. The second-order valence-corrected chi connectivity index (χ2v) is 20.5. The highest BCUT2D eigenvalue weighted by molar-refractivity contribution is 7.21. The first kappa shape index (κ1) is 36.1. The van der Waals surface area contributed by atoms with E-state index in [-0.39, 0.29) is 16.2 Å². The Morgan fingerprint density at radius 1 is 0.339 bits per heavy atom. The van der Waals surface area contributed by atoms with Crippen LogP contribution in [0.15, 0.2) is 164 Å². The lowest BCUT2D eigenvalue weighted by Crippen LogP contribution is -2.15. The van der Waals surface area contributed by atoms with Crippen molar-refractivity contribution in [3.63, 3.8) is 0 Å². The normalized spacial score (nSPS) is 15.6. The number of hydrogen-bond donors (Lipinski definition) is 0. The van der Waals surface area contributed by atoms with Crippen LogP contribution in [0.25, 0.3) is 98.0 Å². The SMILES string of the molecule is CC1(C)c2ccccc2-c2ccc(-c3c4ccccc4c(-c4ccc5c(c4)C(C)(C)c4ccccc4-5)c4cc5c(cc34)-c3ccc(-c4nc6ccccc6s4)cc3C5(C)C)cc21. The van der Waals surface area contributed by atoms with Gasteiger partial charge in [-0.15, -0.1) is 11.3 Å².